The number of aryl methyl sites for hydroxylation is 1. The normalized spacial score (nSPS) is 18.5. The Morgan fingerprint density at radius 2 is 2.24 bits per heavy atom. The van der Waals surface area contributed by atoms with Crippen molar-refractivity contribution in [2.24, 2.45) is 5.92 Å². The summed E-state index contributed by atoms with van der Waals surface area (Å²) >= 11 is 0. The monoisotopic (exact) mass is 282 g/mol. The molecule has 110 valence electrons. The Hall–Kier alpha value is -1.94. The third kappa shape index (κ3) is 3.79. The Labute approximate surface area is 125 Å². The number of hydrogen-bond donors (Lipinski definition) is 1. The standard InChI is InChI=1S/C17H22N4/c1-14(9-15-5-3-2-4-6-15)10-18-11-16-7-8-17-20-19-13-21(17)12-16/h2-6,9,13,16,18H,7-8,10-12H2,1H3/b14-9+. The van der Waals surface area contributed by atoms with Gasteiger partial charge in [0.15, 0.2) is 0 Å². The minimum atomic E-state index is 0.679. The maximum absolute atomic E-state index is 4.13. The Morgan fingerprint density at radius 3 is 3.10 bits per heavy atom. The van der Waals surface area contributed by atoms with Gasteiger partial charge in [0.25, 0.3) is 0 Å². The maximum Gasteiger partial charge on any atom is 0.132 e. The summed E-state index contributed by atoms with van der Waals surface area (Å²) in [7, 11) is 0. The molecule has 1 atom stereocenters. The highest BCUT2D eigenvalue weighted by molar-refractivity contribution is 5.52. The van der Waals surface area contributed by atoms with E-state index in [-0.39, 0.29) is 0 Å². The third-order valence-electron chi connectivity index (χ3n) is 3.98. The van der Waals surface area contributed by atoms with Gasteiger partial charge in [-0.25, -0.2) is 0 Å². The van der Waals surface area contributed by atoms with Gasteiger partial charge in [0.1, 0.15) is 12.2 Å². The molecular formula is C17H22N4. The summed E-state index contributed by atoms with van der Waals surface area (Å²) in [6.45, 7) is 5.22. The molecule has 21 heavy (non-hydrogen) atoms. The summed E-state index contributed by atoms with van der Waals surface area (Å²) in [6, 6.07) is 10.5. The van der Waals surface area contributed by atoms with E-state index in [0.717, 1.165) is 31.9 Å². The molecule has 0 saturated carbocycles. The zero-order chi connectivity index (χ0) is 14.5. The molecule has 1 aliphatic rings. The molecule has 4 heteroatoms. The van der Waals surface area contributed by atoms with Crippen LogP contribution in [0.5, 0.6) is 0 Å². The van der Waals surface area contributed by atoms with Gasteiger partial charge < -0.3 is 9.88 Å². The number of hydrogen-bond acceptors (Lipinski definition) is 3. The highest BCUT2D eigenvalue weighted by Gasteiger charge is 2.18. The Kier molecular flexibility index (Phi) is 4.46. The fraction of sp³-hybridized carbons (Fsp3) is 0.412. The molecule has 0 radical (unpaired) electrons. The molecule has 0 saturated heterocycles. The van der Waals surface area contributed by atoms with Gasteiger partial charge >= 0.3 is 0 Å². The first-order chi connectivity index (χ1) is 10.3. The topological polar surface area (TPSA) is 42.7 Å². The van der Waals surface area contributed by atoms with Gasteiger partial charge in [-0.15, -0.1) is 10.2 Å². The van der Waals surface area contributed by atoms with Crippen molar-refractivity contribution in [1.82, 2.24) is 20.1 Å². The van der Waals surface area contributed by atoms with Gasteiger partial charge in [0.05, 0.1) is 0 Å². The van der Waals surface area contributed by atoms with Crippen molar-refractivity contribution >= 4 is 6.08 Å². The molecule has 0 amide bonds. The van der Waals surface area contributed by atoms with E-state index < -0.39 is 0 Å². The molecular weight excluding hydrogens is 260 g/mol. The summed E-state index contributed by atoms with van der Waals surface area (Å²) in [5, 5.41) is 11.7. The van der Waals surface area contributed by atoms with E-state index in [0.29, 0.717) is 5.92 Å². The van der Waals surface area contributed by atoms with Crippen molar-refractivity contribution < 1.29 is 0 Å². The van der Waals surface area contributed by atoms with E-state index in [1.807, 2.05) is 12.4 Å². The van der Waals surface area contributed by atoms with Crippen LogP contribution in [-0.4, -0.2) is 27.9 Å². The molecule has 0 aliphatic carbocycles. The SMILES string of the molecule is C/C(=C\c1ccccc1)CNCC1CCc2nncn2C1. The van der Waals surface area contributed by atoms with Crippen LogP contribution in [-0.2, 0) is 13.0 Å². The predicted molar refractivity (Wildman–Crippen MR) is 84.8 cm³/mol. The van der Waals surface area contributed by atoms with Crippen LogP contribution in [0.25, 0.3) is 6.08 Å². The fourth-order valence-corrected chi connectivity index (χ4v) is 2.85. The second kappa shape index (κ2) is 6.68. The minimum Gasteiger partial charge on any atom is -0.317 e. The van der Waals surface area contributed by atoms with Crippen LogP contribution >= 0.6 is 0 Å². The van der Waals surface area contributed by atoms with Gasteiger partial charge in [-0.1, -0.05) is 42.0 Å². The zero-order valence-corrected chi connectivity index (χ0v) is 12.5. The average Bonchev–Trinajstić information content (AvgIpc) is 2.96. The minimum absolute atomic E-state index is 0.679. The van der Waals surface area contributed by atoms with Crippen LogP contribution in [0.15, 0.2) is 42.2 Å². The van der Waals surface area contributed by atoms with E-state index in [9.17, 15) is 0 Å². The van der Waals surface area contributed by atoms with E-state index in [4.69, 9.17) is 0 Å². The number of nitrogens with zero attached hydrogens (tertiary/aromatic N) is 3. The van der Waals surface area contributed by atoms with Gasteiger partial charge in [-0.2, -0.15) is 0 Å². The van der Waals surface area contributed by atoms with Crippen LogP contribution in [0.4, 0.5) is 0 Å². The molecule has 0 fully saturated rings. The largest absolute Gasteiger partial charge is 0.317 e. The van der Waals surface area contributed by atoms with Crippen LogP contribution in [0.3, 0.4) is 0 Å². The Balaban J connectivity index is 1.45. The number of nitrogens with one attached hydrogen (secondary N) is 1. The molecule has 1 aromatic carbocycles. The lowest BCUT2D eigenvalue weighted by atomic mass is 9.99. The maximum atomic E-state index is 4.13. The van der Waals surface area contributed by atoms with Crippen LogP contribution in [0, 0.1) is 5.92 Å². The van der Waals surface area contributed by atoms with Crippen LogP contribution in [0.2, 0.25) is 0 Å². The lowest BCUT2D eigenvalue weighted by molar-refractivity contribution is 0.352. The van der Waals surface area contributed by atoms with Crippen molar-refractivity contribution in [3.05, 3.63) is 53.6 Å². The van der Waals surface area contributed by atoms with Crippen molar-refractivity contribution in [2.75, 3.05) is 13.1 Å². The van der Waals surface area contributed by atoms with Crippen LogP contribution < -0.4 is 5.32 Å². The molecule has 1 aromatic heterocycles. The summed E-state index contributed by atoms with van der Waals surface area (Å²) in [5.74, 6) is 1.81. The van der Waals surface area contributed by atoms with Gasteiger partial charge in [0, 0.05) is 19.5 Å². The number of fused-ring (bicyclic) bond motifs is 1. The van der Waals surface area contributed by atoms with E-state index in [1.54, 1.807) is 0 Å². The third-order valence-corrected chi connectivity index (χ3v) is 3.98. The quantitative estimate of drug-likeness (QED) is 0.916. The molecule has 1 aliphatic heterocycles. The number of aromatic nitrogens is 3. The van der Waals surface area contributed by atoms with E-state index in [2.05, 4.69) is 57.3 Å². The summed E-state index contributed by atoms with van der Waals surface area (Å²) in [4.78, 5) is 0. The lowest BCUT2D eigenvalue weighted by Gasteiger charge is -2.23. The van der Waals surface area contributed by atoms with Gasteiger partial charge in [0.2, 0.25) is 0 Å². The van der Waals surface area contributed by atoms with E-state index >= 15 is 0 Å². The summed E-state index contributed by atoms with van der Waals surface area (Å²) in [6.07, 6.45) is 6.34. The second-order valence-electron chi connectivity index (χ2n) is 5.84. The molecule has 2 heterocycles. The van der Waals surface area contributed by atoms with Gasteiger partial charge in [-0.3, -0.25) is 0 Å². The molecule has 4 nitrogen and oxygen atoms in total. The fourth-order valence-electron chi connectivity index (χ4n) is 2.85. The lowest BCUT2D eigenvalue weighted by Crippen LogP contribution is -2.30. The first-order valence-electron chi connectivity index (χ1n) is 7.61. The predicted octanol–water partition coefficient (Wildman–Crippen LogP) is 2.53. The van der Waals surface area contributed by atoms with Crippen molar-refractivity contribution in [3.63, 3.8) is 0 Å². The first kappa shape index (κ1) is 14.0. The molecule has 0 spiro atoms. The molecule has 1 N–H and O–H groups in total. The van der Waals surface area contributed by atoms with Crippen molar-refractivity contribution in [1.29, 1.82) is 0 Å². The Bertz CT molecular complexity index is 600. The second-order valence-corrected chi connectivity index (χ2v) is 5.84. The first-order valence-corrected chi connectivity index (χ1v) is 7.61. The number of rotatable bonds is 5. The highest BCUT2D eigenvalue weighted by atomic mass is 15.3. The highest BCUT2D eigenvalue weighted by Crippen LogP contribution is 2.17. The van der Waals surface area contributed by atoms with Crippen LogP contribution in [0.1, 0.15) is 24.7 Å². The number of benzene rings is 1. The smallest absolute Gasteiger partial charge is 0.132 e. The molecule has 1 unspecified atom stereocenters. The molecule has 3 rings (SSSR count). The van der Waals surface area contributed by atoms with Gasteiger partial charge in [-0.05, 0) is 31.4 Å². The average molecular weight is 282 g/mol. The van der Waals surface area contributed by atoms with E-state index in [1.165, 1.54) is 17.6 Å². The van der Waals surface area contributed by atoms with Crippen molar-refractivity contribution in [2.45, 2.75) is 26.3 Å². The molecule has 2 aromatic rings. The molecule has 0 bridgehead atoms. The summed E-state index contributed by atoms with van der Waals surface area (Å²) < 4.78 is 2.18. The summed E-state index contributed by atoms with van der Waals surface area (Å²) in [5.41, 5.74) is 2.63. The van der Waals surface area contributed by atoms with Crippen molar-refractivity contribution in [3.8, 4) is 0 Å². The Morgan fingerprint density at radius 1 is 1.38 bits per heavy atom. The zero-order valence-electron chi connectivity index (χ0n) is 12.5.